The summed E-state index contributed by atoms with van der Waals surface area (Å²) in [6, 6.07) is 8.10. The van der Waals surface area contributed by atoms with E-state index in [1.54, 1.807) is 0 Å². The van der Waals surface area contributed by atoms with Crippen molar-refractivity contribution in [3.63, 3.8) is 0 Å². The van der Waals surface area contributed by atoms with Crippen molar-refractivity contribution >= 4 is 8.07 Å². The van der Waals surface area contributed by atoms with Gasteiger partial charge in [-0.25, -0.2) is 0 Å². The molecule has 2 heteroatoms. The summed E-state index contributed by atoms with van der Waals surface area (Å²) in [5, 5.41) is 0. The van der Waals surface area contributed by atoms with Crippen LogP contribution in [0.3, 0.4) is 0 Å². The van der Waals surface area contributed by atoms with Crippen LogP contribution in [0.4, 0.5) is 0 Å². The second-order valence-corrected chi connectivity index (χ2v) is 10.1. The fraction of sp³-hybridized carbons (Fsp3) is 0.429. The number of rotatable bonds is 2. The molecule has 0 aromatic heterocycles. The van der Waals surface area contributed by atoms with Crippen LogP contribution in [0.15, 0.2) is 24.3 Å². The Morgan fingerprint density at radius 3 is 2.50 bits per heavy atom. The van der Waals surface area contributed by atoms with E-state index >= 15 is 0 Å². The van der Waals surface area contributed by atoms with Crippen LogP contribution in [0.25, 0.3) is 0 Å². The Balaban J connectivity index is 2.20. The van der Waals surface area contributed by atoms with Gasteiger partial charge in [-0.1, -0.05) is 37.7 Å². The van der Waals surface area contributed by atoms with Gasteiger partial charge in [-0.3, -0.25) is 0 Å². The minimum atomic E-state index is -1.30. The van der Waals surface area contributed by atoms with Crippen molar-refractivity contribution in [3.8, 4) is 17.2 Å². The summed E-state index contributed by atoms with van der Waals surface area (Å²) in [5.41, 5.74) is 4.42. The van der Waals surface area contributed by atoms with Crippen molar-refractivity contribution in [1.82, 2.24) is 0 Å². The SMILES string of the molecule is C[Si](C)(C)C#Cc1ccccc1OC1CC1. The van der Waals surface area contributed by atoms with Gasteiger partial charge in [-0.2, -0.15) is 0 Å². The maximum absolute atomic E-state index is 5.83. The van der Waals surface area contributed by atoms with Gasteiger partial charge in [-0.15, -0.1) is 5.54 Å². The van der Waals surface area contributed by atoms with Gasteiger partial charge < -0.3 is 4.74 Å². The third-order valence-corrected chi connectivity index (χ3v) is 3.15. The molecule has 0 amide bonds. The molecule has 0 spiro atoms. The first-order valence-electron chi connectivity index (χ1n) is 5.83. The van der Waals surface area contributed by atoms with Crippen LogP contribution in [0.5, 0.6) is 5.75 Å². The highest BCUT2D eigenvalue weighted by molar-refractivity contribution is 6.83. The van der Waals surface area contributed by atoms with Crippen LogP contribution in [-0.2, 0) is 0 Å². The summed E-state index contributed by atoms with van der Waals surface area (Å²) >= 11 is 0. The van der Waals surface area contributed by atoms with Crippen LogP contribution in [-0.4, -0.2) is 14.2 Å². The predicted molar refractivity (Wildman–Crippen MR) is 70.3 cm³/mol. The van der Waals surface area contributed by atoms with E-state index in [1.807, 2.05) is 24.3 Å². The van der Waals surface area contributed by atoms with Crippen molar-refractivity contribution in [3.05, 3.63) is 29.8 Å². The molecule has 1 aliphatic carbocycles. The Morgan fingerprint density at radius 1 is 1.19 bits per heavy atom. The molecule has 1 aromatic rings. The zero-order valence-electron chi connectivity index (χ0n) is 10.2. The quantitative estimate of drug-likeness (QED) is 0.558. The van der Waals surface area contributed by atoms with E-state index in [2.05, 4.69) is 31.1 Å². The Kier molecular flexibility index (Phi) is 3.07. The largest absolute Gasteiger partial charge is 0.489 e. The first-order valence-corrected chi connectivity index (χ1v) is 9.33. The van der Waals surface area contributed by atoms with Gasteiger partial charge in [-0.05, 0) is 25.0 Å². The molecule has 1 nitrogen and oxygen atoms in total. The Hall–Kier alpha value is -1.20. The molecule has 1 saturated carbocycles. The van der Waals surface area contributed by atoms with E-state index in [0.717, 1.165) is 11.3 Å². The van der Waals surface area contributed by atoms with Crippen molar-refractivity contribution in [2.45, 2.75) is 38.6 Å². The first kappa shape index (κ1) is 11.3. The maximum atomic E-state index is 5.83. The molecule has 2 rings (SSSR count). The van der Waals surface area contributed by atoms with Gasteiger partial charge >= 0.3 is 0 Å². The number of para-hydroxylation sites is 1. The lowest BCUT2D eigenvalue weighted by atomic mass is 10.2. The average molecular weight is 230 g/mol. The molecule has 16 heavy (non-hydrogen) atoms. The lowest BCUT2D eigenvalue weighted by Gasteiger charge is -2.07. The summed E-state index contributed by atoms with van der Waals surface area (Å²) in [5.74, 6) is 4.23. The van der Waals surface area contributed by atoms with Crippen molar-refractivity contribution < 1.29 is 4.74 Å². The number of ether oxygens (including phenoxy) is 1. The highest BCUT2D eigenvalue weighted by Crippen LogP contribution is 2.28. The summed E-state index contributed by atoms with van der Waals surface area (Å²) in [4.78, 5) is 0. The summed E-state index contributed by atoms with van der Waals surface area (Å²) < 4.78 is 5.83. The van der Waals surface area contributed by atoms with E-state index < -0.39 is 8.07 Å². The fourth-order valence-corrected chi connectivity index (χ4v) is 1.80. The maximum Gasteiger partial charge on any atom is 0.135 e. The van der Waals surface area contributed by atoms with Gasteiger partial charge in [0.05, 0.1) is 11.7 Å². The normalized spacial score (nSPS) is 15.2. The van der Waals surface area contributed by atoms with Crippen molar-refractivity contribution in [2.75, 3.05) is 0 Å². The first-order chi connectivity index (χ1) is 7.54. The van der Waals surface area contributed by atoms with Crippen molar-refractivity contribution in [1.29, 1.82) is 0 Å². The van der Waals surface area contributed by atoms with E-state index in [1.165, 1.54) is 12.8 Å². The number of hydrogen-bond acceptors (Lipinski definition) is 1. The van der Waals surface area contributed by atoms with Gasteiger partial charge in [0.2, 0.25) is 0 Å². The highest BCUT2D eigenvalue weighted by Gasteiger charge is 2.24. The topological polar surface area (TPSA) is 9.23 Å². The monoisotopic (exact) mass is 230 g/mol. The van der Waals surface area contributed by atoms with Crippen LogP contribution < -0.4 is 4.74 Å². The molecular formula is C14H18OSi. The Bertz CT molecular complexity index is 430. The second-order valence-electron chi connectivity index (χ2n) is 5.31. The summed E-state index contributed by atoms with van der Waals surface area (Å²) in [6.07, 6.45) is 2.82. The molecule has 1 aromatic carbocycles. The van der Waals surface area contributed by atoms with E-state index in [9.17, 15) is 0 Å². The van der Waals surface area contributed by atoms with Crippen LogP contribution >= 0.6 is 0 Å². The third kappa shape index (κ3) is 3.43. The minimum Gasteiger partial charge on any atom is -0.489 e. The third-order valence-electron chi connectivity index (χ3n) is 2.28. The lowest BCUT2D eigenvalue weighted by Crippen LogP contribution is -2.16. The average Bonchev–Trinajstić information content (AvgIpc) is 2.99. The smallest absolute Gasteiger partial charge is 0.135 e. The van der Waals surface area contributed by atoms with E-state index in [-0.39, 0.29) is 0 Å². The molecule has 0 unspecified atom stereocenters. The Morgan fingerprint density at radius 2 is 1.88 bits per heavy atom. The molecule has 0 aliphatic heterocycles. The fourth-order valence-electron chi connectivity index (χ4n) is 1.29. The number of hydrogen-bond donors (Lipinski definition) is 0. The lowest BCUT2D eigenvalue weighted by molar-refractivity contribution is 0.302. The molecule has 84 valence electrons. The molecule has 0 bridgehead atoms. The molecule has 1 aliphatic rings. The molecule has 0 heterocycles. The van der Waals surface area contributed by atoms with Gasteiger partial charge in [0.25, 0.3) is 0 Å². The van der Waals surface area contributed by atoms with Gasteiger partial charge in [0.1, 0.15) is 13.8 Å². The van der Waals surface area contributed by atoms with Crippen molar-refractivity contribution in [2.24, 2.45) is 0 Å². The zero-order valence-corrected chi connectivity index (χ0v) is 11.2. The zero-order chi connectivity index (χ0) is 11.6. The summed E-state index contributed by atoms with van der Waals surface area (Å²) in [6.45, 7) is 6.76. The molecule has 1 fully saturated rings. The summed E-state index contributed by atoms with van der Waals surface area (Å²) in [7, 11) is -1.30. The highest BCUT2D eigenvalue weighted by atomic mass is 28.3. The number of benzene rings is 1. The van der Waals surface area contributed by atoms with Gasteiger partial charge in [0.15, 0.2) is 0 Å². The standard InChI is InChI=1S/C14H18OSi/c1-16(2,3)11-10-12-6-4-5-7-14(12)15-13-8-9-13/h4-7,13H,8-9H2,1-3H3. The molecule has 0 N–H and O–H groups in total. The molecular weight excluding hydrogens is 212 g/mol. The second kappa shape index (κ2) is 4.35. The van der Waals surface area contributed by atoms with E-state index in [0.29, 0.717) is 6.10 Å². The van der Waals surface area contributed by atoms with E-state index in [4.69, 9.17) is 4.74 Å². The Labute approximate surface area is 98.8 Å². The van der Waals surface area contributed by atoms with Crippen LogP contribution in [0.2, 0.25) is 19.6 Å². The van der Waals surface area contributed by atoms with Crippen LogP contribution in [0.1, 0.15) is 18.4 Å². The molecule has 0 radical (unpaired) electrons. The minimum absolute atomic E-state index is 0.440. The van der Waals surface area contributed by atoms with Gasteiger partial charge in [0, 0.05) is 0 Å². The molecule has 0 atom stereocenters. The molecule has 0 saturated heterocycles. The van der Waals surface area contributed by atoms with Crippen LogP contribution in [0, 0.1) is 11.5 Å². The predicted octanol–water partition coefficient (Wildman–Crippen LogP) is 3.46.